The molecule has 6 atom stereocenters. The van der Waals surface area contributed by atoms with Crippen LogP contribution in [0.2, 0.25) is 0 Å². The van der Waals surface area contributed by atoms with Crippen molar-refractivity contribution in [3.8, 4) is 0 Å². The highest BCUT2D eigenvalue weighted by molar-refractivity contribution is 5.93. The summed E-state index contributed by atoms with van der Waals surface area (Å²) in [5, 5.41) is 5.90. The minimum absolute atomic E-state index is 0.166. The van der Waals surface area contributed by atoms with E-state index in [-0.39, 0.29) is 36.7 Å². The quantitative estimate of drug-likeness (QED) is 0.173. The Morgan fingerprint density at radius 1 is 0.518 bits per heavy atom. The topological polar surface area (TPSA) is 136 Å². The van der Waals surface area contributed by atoms with Crippen molar-refractivity contribution >= 4 is 23.6 Å². The van der Waals surface area contributed by atoms with Gasteiger partial charge in [-0.25, -0.2) is 0 Å². The van der Waals surface area contributed by atoms with Gasteiger partial charge >= 0.3 is 0 Å². The van der Waals surface area contributed by atoms with Gasteiger partial charge in [0.15, 0.2) is 24.4 Å². The lowest BCUT2D eigenvalue weighted by Gasteiger charge is -2.38. The molecule has 4 aliphatic rings. The normalized spacial score (nSPS) is 26.6. The second-order valence-corrected chi connectivity index (χ2v) is 14.7. The summed E-state index contributed by atoms with van der Waals surface area (Å²) in [5.41, 5.74) is 3.46. The van der Waals surface area contributed by atoms with Crippen LogP contribution in [0.4, 0.5) is 0 Å². The SMILES string of the molecule is O=C(NCCCCCCNC(=O)C1OC2(c3ccccc3)CN(Cc3ccccc3)C(=O)C1O2)C1OC2(c3ccccc3)CN(Cc3ccccc3)C(=O)C1O2. The van der Waals surface area contributed by atoms with E-state index in [1.807, 2.05) is 121 Å². The lowest BCUT2D eigenvalue weighted by molar-refractivity contribution is -0.218. The molecule has 8 rings (SSSR count). The molecule has 4 amide bonds. The van der Waals surface area contributed by atoms with Crippen LogP contribution in [0.15, 0.2) is 121 Å². The summed E-state index contributed by atoms with van der Waals surface area (Å²) >= 11 is 0. The Morgan fingerprint density at radius 2 is 0.875 bits per heavy atom. The number of morpholine rings is 2. The number of carbonyl (C=O) groups excluding carboxylic acids is 4. The standard InChI is InChI=1S/C44H46N4O8/c49-39(35-37-41(51)47(27-31-17-7-3-8-18-31)29-43(53-35,55-37)33-21-11-5-12-22-33)45-25-15-1-2-16-26-46-40(50)36-38-42(52)48(28-32-19-9-4-10-20-32)30-44(54-36,56-38)34-23-13-6-14-24-34/h3-14,17-24,35-38H,1-2,15-16,25-30H2,(H,45,49)(H,46,50). The number of carbonyl (C=O) groups is 4. The Kier molecular flexibility index (Phi) is 11.0. The summed E-state index contributed by atoms with van der Waals surface area (Å²) in [6.07, 6.45) is -1.29. The number of nitrogens with one attached hydrogen (secondary N) is 2. The van der Waals surface area contributed by atoms with Crippen molar-refractivity contribution in [1.29, 1.82) is 0 Å². The summed E-state index contributed by atoms with van der Waals surface area (Å²) in [7, 11) is 0. The van der Waals surface area contributed by atoms with Crippen LogP contribution in [-0.4, -0.2) is 84.0 Å². The lowest BCUT2D eigenvalue weighted by atomic mass is 10.0. The Balaban J connectivity index is 0.805. The zero-order chi connectivity index (χ0) is 38.5. The van der Waals surface area contributed by atoms with Crippen LogP contribution in [-0.2, 0) is 62.8 Å². The van der Waals surface area contributed by atoms with E-state index in [0.717, 1.165) is 35.1 Å². The van der Waals surface area contributed by atoms with Crippen LogP contribution < -0.4 is 10.6 Å². The molecule has 4 aromatic carbocycles. The molecular weight excluding hydrogens is 713 g/mol. The highest BCUT2D eigenvalue weighted by atomic mass is 16.8. The van der Waals surface area contributed by atoms with E-state index < -0.39 is 36.0 Å². The van der Waals surface area contributed by atoms with Crippen molar-refractivity contribution in [3.63, 3.8) is 0 Å². The lowest BCUT2D eigenvalue weighted by Crippen LogP contribution is -2.54. The highest BCUT2D eigenvalue weighted by Gasteiger charge is 2.61. The van der Waals surface area contributed by atoms with Gasteiger partial charge in [-0.2, -0.15) is 0 Å². The molecule has 4 aliphatic heterocycles. The number of hydrogen-bond acceptors (Lipinski definition) is 8. The van der Waals surface area contributed by atoms with Gasteiger partial charge in [0.05, 0.1) is 13.1 Å². The molecule has 0 aliphatic carbocycles. The number of benzene rings is 4. The maximum Gasteiger partial charge on any atom is 0.255 e. The molecule has 0 aromatic heterocycles. The van der Waals surface area contributed by atoms with Crippen molar-refractivity contribution in [2.24, 2.45) is 0 Å². The van der Waals surface area contributed by atoms with Crippen LogP contribution in [0, 0.1) is 0 Å². The third-order valence-electron chi connectivity index (χ3n) is 10.8. The number of amides is 4. The molecule has 4 aromatic rings. The summed E-state index contributed by atoms with van der Waals surface area (Å²) < 4.78 is 25.2. The van der Waals surface area contributed by atoms with Gasteiger partial charge in [0.2, 0.25) is 11.6 Å². The number of nitrogens with zero attached hydrogens (tertiary/aromatic N) is 2. The maximum atomic E-state index is 13.6. The van der Waals surface area contributed by atoms with E-state index in [4.69, 9.17) is 18.9 Å². The average Bonchev–Trinajstić information content (AvgIpc) is 3.77. The zero-order valence-corrected chi connectivity index (χ0v) is 31.1. The first-order valence-corrected chi connectivity index (χ1v) is 19.4. The Morgan fingerprint density at radius 3 is 1.25 bits per heavy atom. The predicted molar refractivity (Wildman–Crippen MR) is 204 cm³/mol. The van der Waals surface area contributed by atoms with Gasteiger partial charge < -0.3 is 39.4 Å². The first-order valence-electron chi connectivity index (χ1n) is 19.4. The first-order chi connectivity index (χ1) is 27.3. The second-order valence-electron chi connectivity index (χ2n) is 14.7. The van der Waals surface area contributed by atoms with E-state index in [1.54, 1.807) is 9.80 Å². The predicted octanol–water partition coefficient (Wildman–Crippen LogP) is 4.14. The van der Waals surface area contributed by atoms with Gasteiger partial charge in [0, 0.05) is 37.3 Å². The zero-order valence-electron chi connectivity index (χ0n) is 31.1. The van der Waals surface area contributed by atoms with Gasteiger partial charge in [-0.05, 0) is 24.0 Å². The van der Waals surface area contributed by atoms with E-state index in [1.165, 1.54) is 0 Å². The smallest absolute Gasteiger partial charge is 0.255 e. The van der Waals surface area contributed by atoms with E-state index in [9.17, 15) is 19.2 Å². The van der Waals surface area contributed by atoms with E-state index >= 15 is 0 Å². The third kappa shape index (κ3) is 7.70. The number of hydrogen-bond donors (Lipinski definition) is 2. The first kappa shape index (κ1) is 37.5. The molecule has 4 saturated heterocycles. The Hall–Kier alpha value is -5.40. The van der Waals surface area contributed by atoms with Gasteiger partial charge in [-0.3, -0.25) is 19.2 Å². The van der Waals surface area contributed by atoms with Gasteiger partial charge in [-0.15, -0.1) is 0 Å². The maximum absolute atomic E-state index is 13.6. The average molecular weight is 759 g/mol. The molecule has 56 heavy (non-hydrogen) atoms. The summed E-state index contributed by atoms with van der Waals surface area (Å²) in [6, 6.07) is 38.3. The van der Waals surface area contributed by atoms with Gasteiger partial charge in [0.25, 0.3) is 23.6 Å². The van der Waals surface area contributed by atoms with Crippen LogP contribution in [0.3, 0.4) is 0 Å². The van der Waals surface area contributed by atoms with Crippen molar-refractivity contribution < 1.29 is 38.1 Å². The molecule has 4 heterocycles. The second kappa shape index (κ2) is 16.4. The fraction of sp³-hybridized carbons (Fsp3) is 0.364. The van der Waals surface area contributed by atoms with Crippen LogP contribution in [0.1, 0.15) is 47.9 Å². The monoisotopic (exact) mass is 758 g/mol. The molecule has 0 saturated carbocycles. The highest BCUT2D eigenvalue weighted by Crippen LogP contribution is 2.44. The molecule has 4 fully saturated rings. The van der Waals surface area contributed by atoms with E-state index in [2.05, 4.69) is 10.6 Å². The molecule has 12 heteroatoms. The van der Waals surface area contributed by atoms with Gasteiger partial charge in [-0.1, -0.05) is 134 Å². The van der Waals surface area contributed by atoms with Crippen molar-refractivity contribution in [2.45, 2.75) is 74.8 Å². The summed E-state index contributed by atoms with van der Waals surface area (Å²) in [4.78, 5) is 57.5. The molecule has 12 nitrogen and oxygen atoms in total. The molecule has 6 unspecified atom stereocenters. The summed E-state index contributed by atoms with van der Waals surface area (Å²) in [6.45, 7) is 1.90. The fourth-order valence-electron chi connectivity index (χ4n) is 7.97. The van der Waals surface area contributed by atoms with E-state index in [0.29, 0.717) is 39.0 Å². The molecule has 0 spiro atoms. The Labute approximate surface area is 326 Å². The molecular formula is C44H46N4O8. The molecule has 2 N–H and O–H groups in total. The van der Waals surface area contributed by atoms with Gasteiger partial charge in [0.1, 0.15) is 0 Å². The molecule has 0 radical (unpaired) electrons. The number of rotatable bonds is 15. The third-order valence-corrected chi connectivity index (χ3v) is 10.8. The minimum atomic E-state index is -1.24. The molecule has 4 bridgehead atoms. The summed E-state index contributed by atoms with van der Waals surface area (Å²) in [5.74, 6) is -3.81. The van der Waals surface area contributed by atoms with Crippen molar-refractivity contribution in [3.05, 3.63) is 144 Å². The minimum Gasteiger partial charge on any atom is -0.354 e. The van der Waals surface area contributed by atoms with Crippen LogP contribution >= 0.6 is 0 Å². The molecule has 290 valence electrons. The largest absolute Gasteiger partial charge is 0.354 e. The van der Waals surface area contributed by atoms with Crippen molar-refractivity contribution in [2.75, 3.05) is 26.2 Å². The van der Waals surface area contributed by atoms with Crippen LogP contribution in [0.25, 0.3) is 0 Å². The number of fused-ring (bicyclic) bond motifs is 4. The number of unbranched alkanes of at least 4 members (excludes halogenated alkanes) is 3. The Bertz CT molecular complexity index is 1860. The van der Waals surface area contributed by atoms with Crippen molar-refractivity contribution in [1.82, 2.24) is 20.4 Å². The number of ether oxygens (including phenoxy) is 4. The fourth-order valence-corrected chi connectivity index (χ4v) is 7.97. The van der Waals surface area contributed by atoms with Crippen LogP contribution in [0.5, 0.6) is 0 Å².